The summed E-state index contributed by atoms with van der Waals surface area (Å²) in [5.41, 5.74) is 3.38. The minimum absolute atomic E-state index is 0.498. The van der Waals surface area contributed by atoms with Gasteiger partial charge in [0.25, 0.3) is 0 Å². The Morgan fingerprint density at radius 2 is 2.05 bits per heavy atom. The third-order valence-corrected chi connectivity index (χ3v) is 4.75. The molecule has 0 atom stereocenters. The van der Waals surface area contributed by atoms with Crippen LogP contribution in [-0.4, -0.2) is 16.3 Å². The number of anilines is 1. The summed E-state index contributed by atoms with van der Waals surface area (Å²) >= 11 is 12.5. The van der Waals surface area contributed by atoms with Gasteiger partial charge in [0.05, 0.1) is 16.4 Å². The summed E-state index contributed by atoms with van der Waals surface area (Å²) in [4.78, 5) is 0. The molecule has 1 aromatic heterocycles. The molecule has 0 amide bonds. The largest absolute Gasteiger partial charge is 0.369 e. The van der Waals surface area contributed by atoms with Crippen molar-refractivity contribution in [1.29, 1.82) is 0 Å². The molecule has 0 radical (unpaired) electrons. The van der Waals surface area contributed by atoms with E-state index in [0.29, 0.717) is 16.0 Å². The second-order valence-corrected chi connectivity index (χ2v) is 6.25. The highest BCUT2D eigenvalue weighted by molar-refractivity contribution is 6.34. The van der Waals surface area contributed by atoms with Crippen molar-refractivity contribution in [3.63, 3.8) is 0 Å². The molecule has 2 aromatic rings. The lowest BCUT2D eigenvalue weighted by Gasteiger charge is -2.11. The fourth-order valence-corrected chi connectivity index (χ4v) is 3.39. The summed E-state index contributed by atoms with van der Waals surface area (Å²) < 4.78 is 1.92. The number of benzene rings is 1. The van der Waals surface area contributed by atoms with Crippen LogP contribution in [0.25, 0.3) is 5.69 Å². The lowest BCUT2D eigenvalue weighted by atomic mass is 9.96. The van der Waals surface area contributed by atoms with Gasteiger partial charge in [0.15, 0.2) is 0 Å². The van der Waals surface area contributed by atoms with E-state index in [9.17, 15) is 0 Å². The van der Waals surface area contributed by atoms with Gasteiger partial charge in [0, 0.05) is 23.0 Å². The molecule has 3 rings (SSSR count). The van der Waals surface area contributed by atoms with Crippen LogP contribution in [0, 0.1) is 0 Å². The first-order chi connectivity index (χ1) is 10.2. The van der Waals surface area contributed by atoms with Crippen LogP contribution in [0.4, 0.5) is 5.82 Å². The van der Waals surface area contributed by atoms with Gasteiger partial charge >= 0.3 is 0 Å². The predicted molar refractivity (Wildman–Crippen MR) is 89.1 cm³/mol. The van der Waals surface area contributed by atoms with Gasteiger partial charge in [-0.25, -0.2) is 4.68 Å². The smallest absolute Gasteiger partial charge is 0.133 e. The predicted octanol–water partition coefficient (Wildman–Crippen LogP) is 5.05. The second-order valence-electron chi connectivity index (χ2n) is 5.41. The first kappa shape index (κ1) is 14.7. The van der Waals surface area contributed by atoms with Crippen molar-refractivity contribution in [3.05, 3.63) is 39.5 Å². The number of hydrogen-bond donors (Lipinski definition) is 1. The maximum absolute atomic E-state index is 6.34. The van der Waals surface area contributed by atoms with Gasteiger partial charge in [0.2, 0.25) is 0 Å². The average Bonchev–Trinajstić information content (AvgIpc) is 3.06. The quantitative estimate of drug-likeness (QED) is 0.853. The Balaban J connectivity index is 2.16. The number of fused-ring (bicyclic) bond motifs is 1. The summed E-state index contributed by atoms with van der Waals surface area (Å²) in [6, 6.07) is 5.49. The van der Waals surface area contributed by atoms with E-state index >= 15 is 0 Å². The van der Waals surface area contributed by atoms with E-state index in [1.165, 1.54) is 11.3 Å². The summed E-state index contributed by atoms with van der Waals surface area (Å²) in [6.07, 6.45) is 3.23. The molecular formula is C16H19Cl2N3. The van der Waals surface area contributed by atoms with Crippen LogP contribution in [0.3, 0.4) is 0 Å². The van der Waals surface area contributed by atoms with Crippen molar-refractivity contribution in [3.8, 4) is 5.69 Å². The second kappa shape index (κ2) is 5.90. The van der Waals surface area contributed by atoms with Gasteiger partial charge in [-0.3, -0.25) is 0 Å². The van der Waals surface area contributed by atoms with Gasteiger partial charge in [-0.1, -0.05) is 37.0 Å². The van der Waals surface area contributed by atoms with Gasteiger partial charge in [-0.05, 0) is 37.5 Å². The lowest BCUT2D eigenvalue weighted by molar-refractivity contribution is 0.607. The third kappa shape index (κ3) is 2.53. The number of halogens is 2. The molecule has 1 aliphatic heterocycles. The topological polar surface area (TPSA) is 29.9 Å². The fourth-order valence-electron chi connectivity index (χ4n) is 3.03. The van der Waals surface area contributed by atoms with Gasteiger partial charge in [0.1, 0.15) is 5.82 Å². The first-order valence-electron chi connectivity index (χ1n) is 7.46. The number of hydrogen-bond acceptors (Lipinski definition) is 2. The highest BCUT2D eigenvalue weighted by Crippen LogP contribution is 2.36. The van der Waals surface area contributed by atoms with E-state index in [1.54, 1.807) is 6.07 Å². The minimum atomic E-state index is 0.498. The van der Waals surface area contributed by atoms with Crippen molar-refractivity contribution in [2.45, 2.75) is 39.0 Å². The normalized spacial score (nSPS) is 13.6. The molecule has 3 nitrogen and oxygen atoms in total. The maximum Gasteiger partial charge on any atom is 0.133 e. The standard InChI is InChI=1S/C16H19Cl2N3/c1-3-10(4-2)15-12-7-8-19-16(12)21(20-15)14-9-11(17)5-6-13(14)18/h5-6,9-10,19H,3-4,7-8H2,1-2H3. The Morgan fingerprint density at radius 3 is 2.76 bits per heavy atom. The summed E-state index contributed by atoms with van der Waals surface area (Å²) in [6.45, 7) is 5.39. The van der Waals surface area contributed by atoms with Crippen molar-refractivity contribution in [2.24, 2.45) is 0 Å². The van der Waals surface area contributed by atoms with Gasteiger partial charge < -0.3 is 5.32 Å². The van der Waals surface area contributed by atoms with Gasteiger partial charge in [-0.2, -0.15) is 5.10 Å². The number of aromatic nitrogens is 2. The van der Waals surface area contributed by atoms with Crippen LogP contribution in [0.1, 0.15) is 43.9 Å². The highest BCUT2D eigenvalue weighted by Gasteiger charge is 2.27. The Labute approximate surface area is 135 Å². The SMILES string of the molecule is CCC(CC)c1nn(-c2cc(Cl)ccc2Cl)c2c1CCN2. The highest BCUT2D eigenvalue weighted by atomic mass is 35.5. The molecule has 0 aliphatic carbocycles. The van der Waals surface area contributed by atoms with Crippen LogP contribution in [0.15, 0.2) is 18.2 Å². The van der Waals surface area contributed by atoms with E-state index in [1.807, 2.05) is 16.8 Å². The van der Waals surface area contributed by atoms with Crippen molar-refractivity contribution in [1.82, 2.24) is 9.78 Å². The molecule has 0 fully saturated rings. The van der Waals surface area contributed by atoms with Crippen LogP contribution in [0.5, 0.6) is 0 Å². The molecule has 2 heterocycles. The van der Waals surface area contributed by atoms with Gasteiger partial charge in [-0.15, -0.1) is 0 Å². The Hall–Kier alpha value is -1.19. The van der Waals surface area contributed by atoms with E-state index in [4.69, 9.17) is 28.3 Å². The van der Waals surface area contributed by atoms with Crippen LogP contribution in [-0.2, 0) is 6.42 Å². The van der Waals surface area contributed by atoms with Crippen LogP contribution < -0.4 is 5.32 Å². The van der Waals surface area contributed by atoms with E-state index < -0.39 is 0 Å². The molecule has 112 valence electrons. The molecule has 0 bridgehead atoms. The summed E-state index contributed by atoms with van der Waals surface area (Å²) in [5, 5.41) is 9.62. The summed E-state index contributed by atoms with van der Waals surface area (Å²) in [7, 11) is 0. The van der Waals surface area contributed by atoms with E-state index in [-0.39, 0.29) is 0 Å². The van der Waals surface area contributed by atoms with E-state index in [0.717, 1.165) is 37.3 Å². The molecule has 0 spiro atoms. The first-order valence-corrected chi connectivity index (χ1v) is 8.22. The Kier molecular flexibility index (Phi) is 4.14. The minimum Gasteiger partial charge on any atom is -0.369 e. The monoisotopic (exact) mass is 323 g/mol. The van der Waals surface area contributed by atoms with Crippen molar-refractivity contribution < 1.29 is 0 Å². The molecule has 0 saturated heterocycles. The molecule has 21 heavy (non-hydrogen) atoms. The Morgan fingerprint density at radius 1 is 1.29 bits per heavy atom. The third-order valence-electron chi connectivity index (χ3n) is 4.19. The Bertz CT molecular complexity index is 660. The van der Waals surface area contributed by atoms with E-state index in [2.05, 4.69) is 19.2 Å². The molecule has 0 saturated carbocycles. The van der Waals surface area contributed by atoms with Crippen LogP contribution >= 0.6 is 23.2 Å². The molecule has 1 aliphatic rings. The average molecular weight is 324 g/mol. The van der Waals surface area contributed by atoms with Crippen molar-refractivity contribution >= 4 is 29.0 Å². The molecule has 0 unspecified atom stereocenters. The maximum atomic E-state index is 6.34. The molecular weight excluding hydrogens is 305 g/mol. The molecule has 1 N–H and O–H groups in total. The fraction of sp³-hybridized carbons (Fsp3) is 0.438. The summed E-state index contributed by atoms with van der Waals surface area (Å²) in [5.74, 6) is 1.57. The zero-order valence-corrected chi connectivity index (χ0v) is 13.8. The molecule has 1 aromatic carbocycles. The van der Waals surface area contributed by atoms with Crippen LogP contribution in [0.2, 0.25) is 10.0 Å². The molecule has 5 heteroatoms. The number of rotatable bonds is 4. The zero-order valence-electron chi connectivity index (χ0n) is 12.3. The zero-order chi connectivity index (χ0) is 15.0. The van der Waals surface area contributed by atoms with Crippen molar-refractivity contribution in [2.75, 3.05) is 11.9 Å². The lowest BCUT2D eigenvalue weighted by Crippen LogP contribution is -2.07. The number of nitrogens with one attached hydrogen (secondary N) is 1. The number of nitrogens with zero attached hydrogens (tertiary/aromatic N) is 2.